The van der Waals surface area contributed by atoms with E-state index >= 15 is 0 Å². The van der Waals surface area contributed by atoms with Crippen molar-refractivity contribution in [2.24, 2.45) is 0 Å². The Balaban J connectivity index is 2.56. The Labute approximate surface area is 169 Å². The molecule has 2 atom stereocenters. The van der Waals surface area contributed by atoms with Crippen LogP contribution in [0.15, 0.2) is 11.5 Å². The van der Waals surface area contributed by atoms with E-state index in [0.717, 1.165) is 38.5 Å². The SMILES string of the molecule is CCCCCCCCCCOC1=C(O)C(=O)O[C@]1(CCCCCC)[C@@H](O)CO. The predicted octanol–water partition coefficient (Wildman–Crippen LogP) is 4.53. The van der Waals surface area contributed by atoms with Crippen molar-refractivity contribution in [2.75, 3.05) is 13.2 Å². The highest BCUT2D eigenvalue weighted by atomic mass is 16.6. The molecule has 1 aliphatic heterocycles. The van der Waals surface area contributed by atoms with Gasteiger partial charge in [0.25, 0.3) is 0 Å². The fourth-order valence-corrected chi connectivity index (χ4v) is 3.67. The van der Waals surface area contributed by atoms with Gasteiger partial charge >= 0.3 is 5.97 Å². The molecule has 1 aliphatic rings. The number of hydrogen-bond donors (Lipinski definition) is 3. The Hall–Kier alpha value is -1.27. The maximum Gasteiger partial charge on any atom is 0.378 e. The summed E-state index contributed by atoms with van der Waals surface area (Å²) in [6.45, 7) is 4.08. The lowest BCUT2D eigenvalue weighted by Gasteiger charge is -2.33. The maximum absolute atomic E-state index is 12.0. The van der Waals surface area contributed by atoms with Gasteiger partial charge in [-0.15, -0.1) is 0 Å². The highest BCUT2D eigenvalue weighted by Crippen LogP contribution is 2.40. The van der Waals surface area contributed by atoms with E-state index < -0.39 is 30.0 Å². The molecule has 164 valence electrons. The van der Waals surface area contributed by atoms with Gasteiger partial charge in [0.05, 0.1) is 13.2 Å². The number of rotatable bonds is 17. The molecule has 0 bridgehead atoms. The van der Waals surface area contributed by atoms with E-state index in [1.807, 2.05) is 0 Å². The van der Waals surface area contributed by atoms with Crippen molar-refractivity contribution in [1.82, 2.24) is 0 Å². The van der Waals surface area contributed by atoms with Gasteiger partial charge in [-0.2, -0.15) is 0 Å². The summed E-state index contributed by atoms with van der Waals surface area (Å²) in [5, 5.41) is 30.0. The summed E-state index contributed by atoms with van der Waals surface area (Å²) in [6.07, 6.45) is 11.9. The first-order valence-electron chi connectivity index (χ1n) is 11.1. The third-order valence-electron chi connectivity index (χ3n) is 5.42. The molecule has 0 aliphatic carbocycles. The third kappa shape index (κ3) is 7.28. The van der Waals surface area contributed by atoms with E-state index in [9.17, 15) is 20.1 Å². The van der Waals surface area contributed by atoms with Gasteiger partial charge in [-0.1, -0.05) is 78.1 Å². The molecule has 0 saturated carbocycles. The van der Waals surface area contributed by atoms with Crippen molar-refractivity contribution in [3.63, 3.8) is 0 Å². The van der Waals surface area contributed by atoms with Crippen molar-refractivity contribution in [3.05, 3.63) is 11.5 Å². The topological polar surface area (TPSA) is 96.2 Å². The second-order valence-corrected chi connectivity index (χ2v) is 7.79. The van der Waals surface area contributed by atoms with Gasteiger partial charge in [-0.05, 0) is 19.3 Å². The van der Waals surface area contributed by atoms with E-state index in [1.54, 1.807) is 0 Å². The number of esters is 1. The fraction of sp³-hybridized carbons (Fsp3) is 0.864. The first kappa shape index (κ1) is 24.8. The summed E-state index contributed by atoms with van der Waals surface area (Å²) < 4.78 is 11.1. The van der Waals surface area contributed by atoms with Crippen molar-refractivity contribution < 1.29 is 29.6 Å². The lowest BCUT2D eigenvalue weighted by molar-refractivity contribution is -0.166. The quantitative estimate of drug-likeness (QED) is 0.245. The molecule has 0 aromatic heterocycles. The molecule has 6 heteroatoms. The smallest absolute Gasteiger partial charge is 0.378 e. The maximum atomic E-state index is 12.0. The zero-order valence-electron chi connectivity index (χ0n) is 17.8. The molecule has 3 N–H and O–H groups in total. The normalized spacial score (nSPS) is 20.5. The fourth-order valence-electron chi connectivity index (χ4n) is 3.67. The molecular formula is C22H40O6. The summed E-state index contributed by atoms with van der Waals surface area (Å²) in [4.78, 5) is 12.0. The molecule has 0 saturated heterocycles. The van der Waals surface area contributed by atoms with Gasteiger partial charge in [0.15, 0.2) is 5.76 Å². The van der Waals surface area contributed by atoms with E-state index in [-0.39, 0.29) is 5.76 Å². The van der Waals surface area contributed by atoms with Gasteiger partial charge in [0.2, 0.25) is 11.4 Å². The van der Waals surface area contributed by atoms with Crippen LogP contribution in [0.4, 0.5) is 0 Å². The molecule has 1 rings (SSSR count). The van der Waals surface area contributed by atoms with Gasteiger partial charge < -0.3 is 24.8 Å². The van der Waals surface area contributed by atoms with Crippen LogP contribution in [0, 0.1) is 0 Å². The van der Waals surface area contributed by atoms with Gasteiger partial charge in [0, 0.05) is 0 Å². The van der Waals surface area contributed by atoms with Crippen LogP contribution in [-0.2, 0) is 14.3 Å². The molecular weight excluding hydrogens is 360 g/mol. The van der Waals surface area contributed by atoms with Crippen molar-refractivity contribution >= 4 is 5.97 Å². The minimum atomic E-state index is -1.48. The zero-order valence-corrected chi connectivity index (χ0v) is 17.8. The number of aliphatic hydroxyl groups excluding tert-OH is 3. The first-order valence-corrected chi connectivity index (χ1v) is 11.1. The number of unbranched alkanes of at least 4 members (excludes halogenated alkanes) is 10. The van der Waals surface area contributed by atoms with E-state index in [2.05, 4.69) is 13.8 Å². The highest BCUT2D eigenvalue weighted by Gasteiger charge is 2.54. The second kappa shape index (κ2) is 13.8. The van der Waals surface area contributed by atoms with Gasteiger partial charge in [0.1, 0.15) is 6.10 Å². The van der Waals surface area contributed by atoms with E-state index in [0.29, 0.717) is 19.4 Å². The van der Waals surface area contributed by atoms with Crippen molar-refractivity contribution in [3.8, 4) is 0 Å². The van der Waals surface area contributed by atoms with Crippen LogP contribution < -0.4 is 0 Å². The molecule has 0 spiro atoms. The summed E-state index contributed by atoms with van der Waals surface area (Å²) in [7, 11) is 0. The van der Waals surface area contributed by atoms with E-state index in [1.165, 1.54) is 32.1 Å². The lowest BCUT2D eigenvalue weighted by Crippen LogP contribution is -2.47. The van der Waals surface area contributed by atoms with Crippen LogP contribution in [0.5, 0.6) is 0 Å². The highest BCUT2D eigenvalue weighted by molar-refractivity contribution is 5.90. The first-order chi connectivity index (χ1) is 13.5. The Kier molecular flexibility index (Phi) is 12.2. The Morgan fingerprint density at radius 1 is 0.929 bits per heavy atom. The molecule has 0 aromatic carbocycles. The summed E-state index contributed by atoms with van der Waals surface area (Å²) in [5.41, 5.74) is -1.48. The molecule has 6 nitrogen and oxygen atoms in total. The van der Waals surface area contributed by atoms with E-state index in [4.69, 9.17) is 9.47 Å². The number of carbonyl (C=O) groups excluding carboxylic acids is 1. The molecule has 1 heterocycles. The number of aliphatic hydroxyl groups is 3. The largest absolute Gasteiger partial charge is 0.499 e. The van der Waals surface area contributed by atoms with Crippen molar-refractivity contribution in [2.45, 2.75) is 109 Å². The molecule has 0 amide bonds. The predicted molar refractivity (Wildman–Crippen MR) is 109 cm³/mol. The van der Waals surface area contributed by atoms with Gasteiger partial charge in [-0.25, -0.2) is 4.79 Å². The minimum Gasteiger partial charge on any atom is -0.499 e. The molecule has 28 heavy (non-hydrogen) atoms. The molecule has 0 fully saturated rings. The lowest BCUT2D eigenvalue weighted by atomic mass is 9.88. The summed E-state index contributed by atoms with van der Waals surface area (Å²) in [5.74, 6) is -1.49. The zero-order chi connectivity index (χ0) is 20.8. The second-order valence-electron chi connectivity index (χ2n) is 7.79. The van der Waals surface area contributed by atoms with Crippen molar-refractivity contribution in [1.29, 1.82) is 0 Å². The molecule has 0 aromatic rings. The van der Waals surface area contributed by atoms with Crippen LogP contribution in [0.1, 0.15) is 97.3 Å². The Morgan fingerprint density at radius 3 is 2.04 bits per heavy atom. The molecule has 0 radical (unpaired) electrons. The van der Waals surface area contributed by atoms with Crippen LogP contribution in [0.25, 0.3) is 0 Å². The van der Waals surface area contributed by atoms with Crippen LogP contribution in [-0.4, -0.2) is 46.2 Å². The number of cyclic esters (lactones) is 1. The standard InChI is InChI=1S/C22H40O6/c1-3-5-7-9-10-11-12-14-16-27-20-19(25)21(26)28-22(20,18(24)17-23)15-13-8-6-4-2/h18,23-25H,3-17H2,1-2H3/t18-,22+/m0/s1. The number of ether oxygens (including phenoxy) is 2. The minimum absolute atomic E-state index is 0.0153. The molecule has 0 unspecified atom stereocenters. The van der Waals surface area contributed by atoms with Crippen LogP contribution >= 0.6 is 0 Å². The number of carbonyl (C=O) groups is 1. The summed E-state index contributed by atoms with van der Waals surface area (Å²) >= 11 is 0. The Morgan fingerprint density at radius 2 is 1.46 bits per heavy atom. The van der Waals surface area contributed by atoms with Crippen LogP contribution in [0.3, 0.4) is 0 Å². The van der Waals surface area contributed by atoms with Gasteiger partial charge in [-0.3, -0.25) is 0 Å². The van der Waals surface area contributed by atoms with Crippen LogP contribution in [0.2, 0.25) is 0 Å². The Bertz CT molecular complexity index is 476. The average Bonchev–Trinajstić information content (AvgIpc) is 2.94. The third-order valence-corrected chi connectivity index (χ3v) is 5.42. The average molecular weight is 401 g/mol. The number of hydrogen-bond acceptors (Lipinski definition) is 6. The summed E-state index contributed by atoms with van der Waals surface area (Å²) in [6, 6.07) is 0. The monoisotopic (exact) mass is 400 g/mol.